The summed E-state index contributed by atoms with van der Waals surface area (Å²) in [7, 11) is 0. The molecule has 2 aliphatic rings. The lowest BCUT2D eigenvalue weighted by Crippen LogP contribution is -2.30. The summed E-state index contributed by atoms with van der Waals surface area (Å²) in [6.45, 7) is 4.51. The van der Waals surface area contributed by atoms with Crippen LogP contribution in [0.1, 0.15) is 109 Å². The first-order valence-electron chi connectivity index (χ1n) is 14.8. The molecule has 0 spiro atoms. The van der Waals surface area contributed by atoms with Gasteiger partial charge in [0.25, 0.3) is 0 Å². The zero-order valence-electron chi connectivity index (χ0n) is 22.6. The lowest BCUT2D eigenvalue weighted by molar-refractivity contribution is -0.140. The van der Waals surface area contributed by atoms with Crippen molar-refractivity contribution in [3.8, 4) is 17.1 Å². The number of aryl methyl sites for hydroxylation is 1. The summed E-state index contributed by atoms with van der Waals surface area (Å²) in [5.74, 6) is 4.00. The van der Waals surface area contributed by atoms with Gasteiger partial charge in [0.1, 0.15) is 5.75 Å². The second-order valence-electron chi connectivity index (χ2n) is 11.4. The van der Waals surface area contributed by atoms with Crippen LogP contribution in [-0.2, 0) is 11.2 Å². The van der Waals surface area contributed by atoms with Crippen LogP contribution in [-0.4, -0.2) is 15.9 Å². The molecule has 1 aromatic heterocycles. The van der Waals surface area contributed by atoms with Gasteiger partial charge in [-0.1, -0.05) is 58.8 Å². The minimum absolute atomic E-state index is 0.0467. The summed E-state index contributed by atoms with van der Waals surface area (Å²) in [5, 5.41) is 0. The summed E-state index contributed by atoms with van der Waals surface area (Å²) >= 11 is 0. The highest BCUT2D eigenvalue weighted by atomic mass is 16.5. The van der Waals surface area contributed by atoms with E-state index >= 15 is 0 Å². The van der Waals surface area contributed by atoms with Crippen LogP contribution in [0.5, 0.6) is 5.75 Å². The molecule has 2 aromatic rings. The Morgan fingerprint density at radius 1 is 0.806 bits per heavy atom. The molecule has 0 atom stereocenters. The summed E-state index contributed by atoms with van der Waals surface area (Å²) in [6.07, 6.45) is 22.7. The number of aromatic nitrogens is 2. The average Bonchev–Trinajstić information content (AvgIpc) is 2.93. The van der Waals surface area contributed by atoms with Crippen molar-refractivity contribution in [2.45, 2.75) is 110 Å². The number of hydrogen-bond acceptors (Lipinski definition) is 4. The van der Waals surface area contributed by atoms with E-state index < -0.39 is 0 Å². The predicted octanol–water partition coefficient (Wildman–Crippen LogP) is 8.58. The van der Waals surface area contributed by atoms with Crippen molar-refractivity contribution in [1.29, 1.82) is 0 Å². The van der Waals surface area contributed by atoms with Gasteiger partial charge >= 0.3 is 5.97 Å². The van der Waals surface area contributed by atoms with Gasteiger partial charge in [-0.15, -0.1) is 0 Å². The van der Waals surface area contributed by atoms with Crippen molar-refractivity contribution >= 4 is 5.97 Å². The van der Waals surface area contributed by atoms with E-state index in [1.54, 1.807) is 0 Å². The highest BCUT2D eigenvalue weighted by molar-refractivity contribution is 5.75. The maximum atomic E-state index is 12.8. The van der Waals surface area contributed by atoms with Gasteiger partial charge in [-0.2, -0.15) is 0 Å². The largest absolute Gasteiger partial charge is 0.426 e. The lowest BCUT2D eigenvalue weighted by Gasteiger charge is -2.37. The smallest absolute Gasteiger partial charge is 0.314 e. The molecule has 36 heavy (non-hydrogen) atoms. The topological polar surface area (TPSA) is 52.1 Å². The molecule has 0 N–H and O–H groups in total. The number of benzene rings is 1. The van der Waals surface area contributed by atoms with E-state index in [4.69, 9.17) is 4.74 Å². The first-order valence-corrected chi connectivity index (χ1v) is 14.8. The standard InChI is InChI=1S/C32H46N2O2/c1-3-5-7-9-25-22-33-31(34-23-25)28-18-20-30(21-19-28)36-32(35)29-16-14-27(15-17-29)26-12-10-24(11-13-26)8-6-4-2/h18-24,26-27,29H,3-17H2,1-2H3. The van der Waals surface area contributed by atoms with E-state index in [2.05, 4.69) is 23.8 Å². The monoisotopic (exact) mass is 490 g/mol. The summed E-state index contributed by atoms with van der Waals surface area (Å²) < 4.78 is 5.77. The number of unbranched alkanes of at least 4 members (excludes halogenated alkanes) is 3. The van der Waals surface area contributed by atoms with Gasteiger partial charge in [-0.25, -0.2) is 9.97 Å². The van der Waals surface area contributed by atoms with Crippen molar-refractivity contribution < 1.29 is 9.53 Å². The fourth-order valence-corrected chi connectivity index (χ4v) is 6.35. The average molecular weight is 491 g/mol. The molecule has 2 aliphatic carbocycles. The Bertz CT molecular complexity index is 908. The van der Waals surface area contributed by atoms with Gasteiger partial charge in [0.15, 0.2) is 5.82 Å². The van der Waals surface area contributed by atoms with Gasteiger partial charge in [-0.3, -0.25) is 4.79 Å². The van der Waals surface area contributed by atoms with Crippen LogP contribution in [0, 0.1) is 23.7 Å². The summed E-state index contributed by atoms with van der Waals surface area (Å²) in [5.41, 5.74) is 2.13. The van der Waals surface area contributed by atoms with E-state index in [9.17, 15) is 4.79 Å². The number of carbonyl (C=O) groups excluding carboxylic acids is 1. The zero-order chi connectivity index (χ0) is 25.2. The Kier molecular flexibility index (Phi) is 10.4. The van der Waals surface area contributed by atoms with E-state index in [0.717, 1.165) is 42.6 Å². The molecule has 0 unspecified atom stereocenters. The number of esters is 1. The Morgan fingerprint density at radius 2 is 1.42 bits per heavy atom. The van der Waals surface area contributed by atoms with Crippen LogP contribution >= 0.6 is 0 Å². The molecule has 1 heterocycles. The molecule has 4 rings (SSSR count). The van der Waals surface area contributed by atoms with Gasteiger partial charge in [0.05, 0.1) is 5.92 Å². The molecular formula is C32H46N2O2. The highest BCUT2D eigenvalue weighted by Crippen LogP contribution is 2.42. The summed E-state index contributed by atoms with van der Waals surface area (Å²) in [4.78, 5) is 21.9. The number of carbonyl (C=O) groups is 1. The second-order valence-corrected chi connectivity index (χ2v) is 11.4. The van der Waals surface area contributed by atoms with Gasteiger partial charge < -0.3 is 4.74 Å². The number of ether oxygens (including phenoxy) is 1. The molecule has 196 valence electrons. The number of nitrogens with zero attached hydrogens (tertiary/aromatic N) is 2. The first-order chi connectivity index (χ1) is 17.7. The quantitative estimate of drug-likeness (QED) is 0.180. The van der Waals surface area contributed by atoms with E-state index in [1.807, 2.05) is 36.7 Å². The third-order valence-electron chi connectivity index (χ3n) is 8.73. The molecule has 0 saturated heterocycles. The van der Waals surface area contributed by atoms with Gasteiger partial charge in [0, 0.05) is 18.0 Å². The molecule has 0 bridgehead atoms. The predicted molar refractivity (Wildman–Crippen MR) is 147 cm³/mol. The second kappa shape index (κ2) is 13.9. The van der Waals surface area contributed by atoms with Crippen molar-refractivity contribution in [2.24, 2.45) is 23.7 Å². The van der Waals surface area contributed by atoms with Gasteiger partial charge in [-0.05, 0) is 98.9 Å². The Hall–Kier alpha value is -2.23. The van der Waals surface area contributed by atoms with Crippen LogP contribution in [0.3, 0.4) is 0 Å². The van der Waals surface area contributed by atoms with Crippen LogP contribution in [0.25, 0.3) is 11.4 Å². The molecule has 0 radical (unpaired) electrons. The first kappa shape index (κ1) is 26.8. The van der Waals surface area contributed by atoms with Crippen molar-refractivity contribution in [2.75, 3.05) is 0 Å². The van der Waals surface area contributed by atoms with Crippen LogP contribution in [0.2, 0.25) is 0 Å². The van der Waals surface area contributed by atoms with E-state index in [0.29, 0.717) is 11.6 Å². The Balaban J connectivity index is 1.20. The minimum atomic E-state index is -0.0582. The van der Waals surface area contributed by atoms with Crippen LogP contribution in [0.15, 0.2) is 36.7 Å². The molecule has 0 aliphatic heterocycles. The molecular weight excluding hydrogens is 444 g/mol. The molecule has 2 fully saturated rings. The Morgan fingerprint density at radius 3 is 2.03 bits per heavy atom. The fourth-order valence-electron chi connectivity index (χ4n) is 6.35. The molecule has 4 heteroatoms. The lowest BCUT2D eigenvalue weighted by atomic mass is 9.68. The molecule has 2 saturated carbocycles. The SMILES string of the molecule is CCCCCc1cnc(-c2ccc(OC(=O)C3CCC(C4CCC(CCCC)CC4)CC3)cc2)nc1. The maximum absolute atomic E-state index is 12.8. The Labute approximate surface area is 218 Å². The van der Waals surface area contributed by atoms with Crippen molar-refractivity contribution in [3.05, 3.63) is 42.2 Å². The fraction of sp³-hybridized carbons (Fsp3) is 0.656. The molecule has 1 aromatic carbocycles. The zero-order valence-corrected chi connectivity index (χ0v) is 22.6. The highest BCUT2D eigenvalue weighted by Gasteiger charge is 2.33. The maximum Gasteiger partial charge on any atom is 0.314 e. The van der Waals surface area contributed by atoms with Gasteiger partial charge in [0.2, 0.25) is 0 Å². The molecule has 0 amide bonds. The molecule has 4 nitrogen and oxygen atoms in total. The minimum Gasteiger partial charge on any atom is -0.426 e. The van der Waals surface area contributed by atoms with E-state index in [-0.39, 0.29) is 11.9 Å². The van der Waals surface area contributed by atoms with Crippen LogP contribution in [0.4, 0.5) is 0 Å². The summed E-state index contributed by atoms with van der Waals surface area (Å²) in [6, 6.07) is 7.63. The van der Waals surface area contributed by atoms with Crippen LogP contribution < -0.4 is 4.74 Å². The van der Waals surface area contributed by atoms with Crippen molar-refractivity contribution in [1.82, 2.24) is 9.97 Å². The van der Waals surface area contributed by atoms with Crippen molar-refractivity contribution in [3.63, 3.8) is 0 Å². The number of rotatable bonds is 11. The third kappa shape index (κ3) is 7.63. The number of hydrogen-bond donors (Lipinski definition) is 0. The third-order valence-corrected chi connectivity index (χ3v) is 8.73. The normalized spacial score (nSPS) is 24.4. The van der Waals surface area contributed by atoms with E-state index in [1.165, 1.54) is 82.6 Å².